The summed E-state index contributed by atoms with van der Waals surface area (Å²) in [5.74, 6) is -0.351. The minimum absolute atomic E-state index is 0.146. The van der Waals surface area contributed by atoms with Crippen LogP contribution in [0.2, 0.25) is 5.02 Å². The fraction of sp³-hybridized carbons (Fsp3) is 0.185. The number of aryl methyl sites for hydroxylation is 1. The largest absolute Gasteiger partial charge is 0.361 e. The minimum Gasteiger partial charge on any atom is -0.361 e. The molecule has 0 fully saturated rings. The molecule has 33 heavy (non-hydrogen) atoms. The van der Waals surface area contributed by atoms with Crippen molar-refractivity contribution in [3.63, 3.8) is 0 Å². The first-order chi connectivity index (χ1) is 16.0. The highest BCUT2D eigenvalue weighted by molar-refractivity contribution is 6.31. The lowest BCUT2D eigenvalue weighted by Gasteiger charge is -2.25. The number of benzene rings is 3. The van der Waals surface area contributed by atoms with Crippen molar-refractivity contribution in [2.45, 2.75) is 25.3 Å². The molecule has 1 unspecified atom stereocenters. The number of H-pyrrole nitrogens is 1. The van der Waals surface area contributed by atoms with Crippen LogP contribution in [0.25, 0.3) is 10.9 Å². The summed E-state index contributed by atoms with van der Waals surface area (Å²) in [6.07, 6.45) is 3.16. The van der Waals surface area contributed by atoms with Crippen LogP contribution in [0.5, 0.6) is 0 Å². The van der Waals surface area contributed by atoms with Gasteiger partial charge in [0.25, 0.3) is 0 Å². The van der Waals surface area contributed by atoms with Gasteiger partial charge < -0.3 is 15.2 Å². The van der Waals surface area contributed by atoms with Gasteiger partial charge in [0.05, 0.1) is 6.42 Å². The number of carbonyl (C=O) groups excluding carboxylic acids is 2. The van der Waals surface area contributed by atoms with Gasteiger partial charge in [-0.25, -0.2) is 0 Å². The molecule has 4 aromatic rings. The van der Waals surface area contributed by atoms with Crippen molar-refractivity contribution in [2.75, 3.05) is 11.9 Å². The monoisotopic (exact) mass is 459 g/mol. The third kappa shape index (κ3) is 5.62. The molecular formula is C27H26ClN3O2. The summed E-state index contributed by atoms with van der Waals surface area (Å²) in [4.78, 5) is 31.1. The van der Waals surface area contributed by atoms with Crippen LogP contribution < -0.4 is 10.2 Å². The van der Waals surface area contributed by atoms with E-state index >= 15 is 0 Å². The number of para-hydroxylation sites is 1. The first-order valence-corrected chi connectivity index (χ1v) is 11.3. The molecule has 5 nitrogen and oxygen atoms in total. The number of fused-ring (bicyclic) bond motifs is 1. The fourth-order valence-electron chi connectivity index (χ4n) is 3.94. The topological polar surface area (TPSA) is 65.2 Å². The SMILES string of the molecule is CN(C(=O)C(CCc1ccccc1)NC(=O)Cc1c[nH]c2ccc(Cl)cc12)c1ccccc1. The highest BCUT2D eigenvalue weighted by atomic mass is 35.5. The summed E-state index contributed by atoms with van der Waals surface area (Å²) in [7, 11) is 1.74. The number of anilines is 1. The number of aromatic nitrogens is 1. The van der Waals surface area contributed by atoms with Crippen LogP contribution in [0, 0.1) is 0 Å². The second kappa shape index (κ2) is 10.4. The van der Waals surface area contributed by atoms with Gasteiger partial charge in [0, 0.05) is 34.9 Å². The summed E-state index contributed by atoms with van der Waals surface area (Å²) in [5.41, 5.74) is 3.67. The Morgan fingerprint density at radius 3 is 2.42 bits per heavy atom. The maximum absolute atomic E-state index is 13.3. The highest BCUT2D eigenvalue weighted by Gasteiger charge is 2.25. The first-order valence-electron chi connectivity index (χ1n) is 10.9. The van der Waals surface area contributed by atoms with E-state index in [4.69, 9.17) is 11.6 Å². The van der Waals surface area contributed by atoms with Gasteiger partial charge in [-0.05, 0) is 54.3 Å². The molecule has 0 bridgehead atoms. The lowest BCUT2D eigenvalue weighted by atomic mass is 10.0. The maximum Gasteiger partial charge on any atom is 0.249 e. The van der Waals surface area contributed by atoms with Crippen LogP contribution in [0.4, 0.5) is 5.69 Å². The van der Waals surface area contributed by atoms with Gasteiger partial charge in [0.15, 0.2) is 0 Å². The van der Waals surface area contributed by atoms with E-state index in [1.54, 1.807) is 11.9 Å². The second-order valence-corrected chi connectivity index (χ2v) is 8.49. The molecular weight excluding hydrogens is 434 g/mol. The molecule has 2 amide bonds. The lowest BCUT2D eigenvalue weighted by molar-refractivity contribution is -0.127. The third-order valence-electron chi connectivity index (χ3n) is 5.75. The molecule has 0 aliphatic carbocycles. The van der Waals surface area contributed by atoms with Crippen molar-refractivity contribution < 1.29 is 9.59 Å². The molecule has 6 heteroatoms. The number of nitrogens with zero attached hydrogens (tertiary/aromatic N) is 1. The fourth-order valence-corrected chi connectivity index (χ4v) is 4.11. The zero-order valence-corrected chi connectivity index (χ0v) is 19.2. The Labute approximate surface area is 198 Å². The summed E-state index contributed by atoms with van der Waals surface area (Å²) in [6.45, 7) is 0. The third-order valence-corrected chi connectivity index (χ3v) is 5.99. The number of nitrogens with one attached hydrogen (secondary N) is 2. The van der Waals surface area contributed by atoms with Gasteiger partial charge >= 0.3 is 0 Å². The normalized spacial score (nSPS) is 11.8. The Morgan fingerprint density at radius 2 is 1.70 bits per heavy atom. The van der Waals surface area contributed by atoms with Crippen molar-refractivity contribution in [3.05, 3.63) is 101 Å². The summed E-state index contributed by atoms with van der Waals surface area (Å²) >= 11 is 6.14. The Kier molecular flexibility index (Phi) is 7.10. The van der Waals surface area contributed by atoms with Gasteiger partial charge in [0.1, 0.15) is 6.04 Å². The van der Waals surface area contributed by atoms with E-state index in [0.29, 0.717) is 17.9 Å². The van der Waals surface area contributed by atoms with E-state index in [1.165, 1.54) is 0 Å². The van der Waals surface area contributed by atoms with Crippen molar-refractivity contribution in [3.8, 4) is 0 Å². The Balaban J connectivity index is 1.50. The number of halogens is 1. The van der Waals surface area contributed by atoms with Crippen molar-refractivity contribution in [2.24, 2.45) is 0 Å². The Bertz CT molecular complexity index is 1240. The van der Waals surface area contributed by atoms with E-state index in [0.717, 1.165) is 27.7 Å². The minimum atomic E-state index is -0.642. The lowest BCUT2D eigenvalue weighted by Crippen LogP contribution is -2.48. The molecule has 4 rings (SSSR count). The van der Waals surface area contributed by atoms with E-state index < -0.39 is 6.04 Å². The summed E-state index contributed by atoms with van der Waals surface area (Å²) in [5, 5.41) is 4.50. The standard InChI is InChI=1S/C27H26ClN3O2/c1-31(22-10-6-3-7-11-22)27(33)25(14-12-19-8-4-2-5-9-19)30-26(32)16-20-18-29-24-15-13-21(28)17-23(20)24/h2-11,13,15,17-18,25,29H,12,14,16H2,1H3,(H,30,32). The highest BCUT2D eigenvalue weighted by Crippen LogP contribution is 2.23. The number of aromatic amines is 1. The number of rotatable bonds is 8. The van der Waals surface area contributed by atoms with Crippen LogP contribution in [0.3, 0.4) is 0 Å². The van der Waals surface area contributed by atoms with Gasteiger partial charge in [-0.3, -0.25) is 9.59 Å². The van der Waals surface area contributed by atoms with Gasteiger partial charge in [-0.1, -0.05) is 60.1 Å². The first kappa shape index (κ1) is 22.6. The Hall–Kier alpha value is -3.57. The quantitative estimate of drug-likeness (QED) is 0.383. The molecule has 3 aromatic carbocycles. The molecule has 0 spiro atoms. The van der Waals surface area contributed by atoms with E-state index in [-0.39, 0.29) is 18.2 Å². The van der Waals surface area contributed by atoms with Gasteiger partial charge in [0.2, 0.25) is 11.8 Å². The van der Waals surface area contributed by atoms with Crippen molar-refractivity contribution in [1.82, 2.24) is 10.3 Å². The molecule has 0 radical (unpaired) electrons. The van der Waals surface area contributed by atoms with Crippen LogP contribution in [-0.4, -0.2) is 29.9 Å². The smallest absolute Gasteiger partial charge is 0.249 e. The zero-order valence-electron chi connectivity index (χ0n) is 18.4. The number of likely N-dealkylation sites (N-methyl/N-ethyl adjacent to an activating group) is 1. The molecule has 0 saturated carbocycles. The van der Waals surface area contributed by atoms with E-state index in [9.17, 15) is 9.59 Å². The van der Waals surface area contributed by atoms with Crippen molar-refractivity contribution >= 4 is 40.0 Å². The molecule has 168 valence electrons. The van der Waals surface area contributed by atoms with Crippen LogP contribution in [-0.2, 0) is 22.4 Å². The van der Waals surface area contributed by atoms with Crippen LogP contribution >= 0.6 is 11.6 Å². The molecule has 1 atom stereocenters. The Morgan fingerprint density at radius 1 is 1.00 bits per heavy atom. The molecule has 0 aliphatic heterocycles. The van der Waals surface area contributed by atoms with Crippen LogP contribution in [0.1, 0.15) is 17.5 Å². The molecule has 0 saturated heterocycles. The molecule has 1 aromatic heterocycles. The van der Waals surface area contributed by atoms with Gasteiger partial charge in [-0.2, -0.15) is 0 Å². The predicted molar refractivity (Wildman–Crippen MR) is 134 cm³/mol. The van der Waals surface area contributed by atoms with Crippen LogP contribution in [0.15, 0.2) is 85.1 Å². The molecule has 2 N–H and O–H groups in total. The van der Waals surface area contributed by atoms with Gasteiger partial charge in [-0.15, -0.1) is 0 Å². The molecule has 1 heterocycles. The number of hydrogen-bond donors (Lipinski definition) is 2. The van der Waals surface area contributed by atoms with Crippen molar-refractivity contribution in [1.29, 1.82) is 0 Å². The summed E-state index contributed by atoms with van der Waals surface area (Å²) in [6, 6.07) is 24.3. The zero-order chi connectivity index (χ0) is 23.2. The number of amides is 2. The van der Waals surface area contributed by atoms with E-state index in [1.807, 2.05) is 85.1 Å². The summed E-state index contributed by atoms with van der Waals surface area (Å²) < 4.78 is 0. The second-order valence-electron chi connectivity index (χ2n) is 8.06. The number of hydrogen-bond acceptors (Lipinski definition) is 2. The number of carbonyl (C=O) groups is 2. The molecule has 0 aliphatic rings. The predicted octanol–water partition coefficient (Wildman–Crippen LogP) is 5.14. The average molecular weight is 460 g/mol. The van der Waals surface area contributed by atoms with E-state index in [2.05, 4.69) is 10.3 Å². The maximum atomic E-state index is 13.3. The average Bonchev–Trinajstić information content (AvgIpc) is 3.23.